The fraction of sp³-hybridized carbons (Fsp3) is 0.385. The van der Waals surface area contributed by atoms with Gasteiger partial charge in [0.2, 0.25) is 0 Å². The van der Waals surface area contributed by atoms with Crippen LogP contribution in [-0.4, -0.2) is 28.1 Å². The highest BCUT2D eigenvalue weighted by Gasteiger charge is 2.16. The molecule has 0 fully saturated rings. The minimum absolute atomic E-state index is 0.00326. The fourth-order valence-corrected chi connectivity index (χ4v) is 1.56. The highest BCUT2D eigenvalue weighted by atomic mass is 35.5. The number of nitro groups is 1. The molecule has 0 aromatic carbocycles. The van der Waals surface area contributed by atoms with Crippen molar-refractivity contribution in [3.8, 4) is 0 Å². The standard InChI is InChI=1S/C13H16ClN3O4/c1-13(2,3)21-12(18)16-6-4-5-9-7-15-8-10(11(9)14)17(19)20/h4-5,7-8H,6H2,1-3H3,(H,16,18). The third-order valence-corrected chi connectivity index (χ3v) is 2.56. The molecule has 0 spiro atoms. The Morgan fingerprint density at radius 1 is 1.52 bits per heavy atom. The first-order valence-corrected chi connectivity index (χ1v) is 6.50. The number of halogens is 1. The van der Waals surface area contributed by atoms with Crippen molar-refractivity contribution in [2.24, 2.45) is 0 Å². The van der Waals surface area contributed by atoms with Crippen LogP contribution in [0.15, 0.2) is 18.5 Å². The summed E-state index contributed by atoms with van der Waals surface area (Å²) in [5.74, 6) is 0. The lowest BCUT2D eigenvalue weighted by atomic mass is 10.2. The van der Waals surface area contributed by atoms with Gasteiger partial charge in [0.1, 0.15) is 16.8 Å². The predicted octanol–water partition coefficient (Wildman–Crippen LogP) is 3.18. The number of nitrogens with zero attached hydrogens (tertiary/aromatic N) is 2. The molecular formula is C13H16ClN3O4. The van der Waals surface area contributed by atoms with Gasteiger partial charge in [0.25, 0.3) is 0 Å². The third-order valence-electron chi connectivity index (χ3n) is 2.15. The Balaban J connectivity index is 2.61. The lowest BCUT2D eigenvalue weighted by Gasteiger charge is -2.19. The van der Waals surface area contributed by atoms with Crippen LogP contribution in [0, 0.1) is 10.1 Å². The minimum atomic E-state index is -0.606. The summed E-state index contributed by atoms with van der Waals surface area (Å²) in [6, 6.07) is 0. The van der Waals surface area contributed by atoms with Gasteiger partial charge >= 0.3 is 11.8 Å². The van der Waals surface area contributed by atoms with Crippen molar-refractivity contribution in [3.63, 3.8) is 0 Å². The predicted molar refractivity (Wildman–Crippen MR) is 79.2 cm³/mol. The summed E-state index contributed by atoms with van der Waals surface area (Å²) >= 11 is 5.89. The molecule has 1 rings (SSSR count). The van der Waals surface area contributed by atoms with Gasteiger partial charge in [-0.25, -0.2) is 4.79 Å². The van der Waals surface area contributed by atoms with Crippen LogP contribution in [0.3, 0.4) is 0 Å². The van der Waals surface area contributed by atoms with E-state index in [2.05, 4.69) is 10.3 Å². The lowest BCUT2D eigenvalue weighted by Crippen LogP contribution is -2.32. The fourth-order valence-electron chi connectivity index (χ4n) is 1.34. The van der Waals surface area contributed by atoms with Gasteiger partial charge in [-0.1, -0.05) is 23.8 Å². The molecule has 1 aromatic heterocycles. The van der Waals surface area contributed by atoms with Crippen LogP contribution < -0.4 is 5.32 Å². The quantitative estimate of drug-likeness (QED) is 0.680. The van der Waals surface area contributed by atoms with Crippen LogP contribution >= 0.6 is 11.6 Å². The van der Waals surface area contributed by atoms with Gasteiger partial charge in [0.15, 0.2) is 0 Å². The normalized spacial score (nSPS) is 11.4. The van der Waals surface area contributed by atoms with Gasteiger partial charge in [-0.15, -0.1) is 0 Å². The number of amides is 1. The molecular weight excluding hydrogens is 298 g/mol. The zero-order chi connectivity index (χ0) is 16.0. The number of nitrogens with one attached hydrogen (secondary N) is 1. The van der Waals surface area contributed by atoms with Crippen molar-refractivity contribution in [2.75, 3.05) is 6.54 Å². The zero-order valence-corrected chi connectivity index (χ0v) is 12.7. The molecule has 0 saturated carbocycles. The van der Waals surface area contributed by atoms with E-state index in [1.807, 2.05) is 0 Å². The van der Waals surface area contributed by atoms with E-state index in [1.54, 1.807) is 32.9 Å². The Labute approximate surface area is 127 Å². The van der Waals surface area contributed by atoms with Crippen LogP contribution in [0.2, 0.25) is 5.02 Å². The van der Waals surface area contributed by atoms with Crippen molar-refractivity contribution in [3.05, 3.63) is 39.2 Å². The van der Waals surface area contributed by atoms with Gasteiger partial charge in [0, 0.05) is 18.3 Å². The monoisotopic (exact) mass is 313 g/mol. The van der Waals surface area contributed by atoms with Crippen LogP contribution in [0.1, 0.15) is 26.3 Å². The van der Waals surface area contributed by atoms with E-state index in [9.17, 15) is 14.9 Å². The third kappa shape index (κ3) is 5.78. The summed E-state index contributed by atoms with van der Waals surface area (Å²) in [6.07, 6.45) is 5.07. The number of aromatic nitrogens is 1. The highest BCUT2D eigenvalue weighted by Crippen LogP contribution is 2.27. The van der Waals surface area contributed by atoms with Crippen LogP contribution in [0.25, 0.3) is 6.08 Å². The van der Waals surface area contributed by atoms with E-state index in [-0.39, 0.29) is 17.3 Å². The lowest BCUT2D eigenvalue weighted by molar-refractivity contribution is -0.385. The molecule has 0 saturated heterocycles. The van der Waals surface area contributed by atoms with E-state index in [1.165, 1.54) is 6.20 Å². The smallest absolute Gasteiger partial charge is 0.407 e. The number of hydrogen-bond acceptors (Lipinski definition) is 5. The van der Waals surface area contributed by atoms with Crippen LogP contribution in [-0.2, 0) is 4.74 Å². The van der Waals surface area contributed by atoms with Gasteiger partial charge in [0.05, 0.1) is 4.92 Å². The van der Waals surface area contributed by atoms with E-state index >= 15 is 0 Å². The minimum Gasteiger partial charge on any atom is -0.444 e. The number of ether oxygens (including phenoxy) is 1. The summed E-state index contributed by atoms with van der Waals surface area (Å²) in [5, 5.41) is 13.2. The second-order valence-electron chi connectivity index (χ2n) is 5.10. The molecule has 0 bridgehead atoms. The summed E-state index contributed by atoms with van der Waals surface area (Å²) in [4.78, 5) is 25.2. The first kappa shape index (κ1) is 16.9. The van der Waals surface area contributed by atoms with Crippen molar-refractivity contribution >= 4 is 29.5 Å². The summed E-state index contributed by atoms with van der Waals surface area (Å²) < 4.78 is 5.05. The van der Waals surface area contributed by atoms with Crippen molar-refractivity contribution in [1.82, 2.24) is 10.3 Å². The Morgan fingerprint density at radius 2 is 2.19 bits per heavy atom. The average Bonchev–Trinajstić information content (AvgIpc) is 2.33. The molecule has 0 aliphatic rings. The van der Waals surface area contributed by atoms with E-state index in [4.69, 9.17) is 16.3 Å². The molecule has 0 unspecified atom stereocenters. The second kappa shape index (κ2) is 7.03. The number of alkyl carbamates (subject to hydrolysis) is 1. The Kier molecular flexibility index (Phi) is 5.66. The molecule has 1 heterocycles. The summed E-state index contributed by atoms with van der Waals surface area (Å²) in [5.41, 5.74) is -0.433. The SMILES string of the molecule is CC(C)(C)OC(=O)NCC=Cc1cncc([N+](=O)[O-])c1Cl. The van der Waals surface area contributed by atoms with E-state index in [0.717, 1.165) is 6.20 Å². The maximum atomic E-state index is 11.4. The second-order valence-corrected chi connectivity index (χ2v) is 5.48. The number of carbonyl (C=O) groups is 1. The average molecular weight is 314 g/mol. The number of carbonyl (C=O) groups excluding carboxylic acids is 1. The maximum absolute atomic E-state index is 11.4. The molecule has 7 nitrogen and oxygen atoms in total. The summed E-state index contributed by atoms with van der Waals surface area (Å²) in [6.45, 7) is 5.48. The molecule has 0 aliphatic heterocycles. The number of hydrogen-bond donors (Lipinski definition) is 1. The van der Waals surface area contributed by atoms with Crippen LogP contribution in [0.4, 0.5) is 10.5 Å². The number of pyridine rings is 1. The van der Waals surface area contributed by atoms with Gasteiger partial charge < -0.3 is 10.1 Å². The number of rotatable bonds is 4. The molecule has 8 heteroatoms. The molecule has 0 aliphatic carbocycles. The van der Waals surface area contributed by atoms with Crippen LogP contribution in [0.5, 0.6) is 0 Å². The molecule has 1 aromatic rings. The molecule has 0 radical (unpaired) electrons. The van der Waals surface area contributed by atoms with Crippen molar-refractivity contribution in [2.45, 2.75) is 26.4 Å². The highest BCUT2D eigenvalue weighted by molar-refractivity contribution is 6.34. The molecule has 1 N–H and O–H groups in total. The van der Waals surface area contributed by atoms with Crippen molar-refractivity contribution in [1.29, 1.82) is 0 Å². The first-order chi connectivity index (χ1) is 9.70. The topological polar surface area (TPSA) is 94.4 Å². The van der Waals surface area contributed by atoms with E-state index in [0.29, 0.717) is 5.56 Å². The first-order valence-electron chi connectivity index (χ1n) is 6.12. The Hall–Kier alpha value is -2.15. The zero-order valence-electron chi connectivity index (χ0n) is 11.9. The van der Waals surface area contributed by atoms with Gasteiger partial charge in [-0.3, -0.25) is 15.1 Å². The maximum Gasteiger partial charge on any atom is 0.407 e. The Bertz CT molecular complexity index is 567. The largest absolute Gasteiger partial charge is 0.444 e. The summed E-state index contributed by atoms with van der Waals surface area (Å²) in [7, 11) is 0. The molecule has 0 atom stereocenters. The molecule has 1 amide bonds. The van der Waals surface area contributed by atoms with Gasteiger partial charge in [-0.2, -0.15) is 0 Å². The molecule has 21 heavy (non-hydrogen) atoms. The van der Waals surface area contributed by atoms with Gasteiger partial charge in [-0.05, 0) is 20.8 Å². The van der Waals surface area contributed by atoms with Crippen molar-refractivity contribution < 1.29 is 14.5 Å². The molecule has 114 valence electrons. The Morgan fingerprint density at radius 3 is 2.76 bits per heavy atom. The van der Waals surface area contributed by atoms with E-state index < -0.39 is 16.6 Å².